The molecule has 3 rings (SSSR count). The van der Waals surface area contributed by atoms with Crippen molar-refractivity contribution in [3.63, 3.8) is 0 Å². The molecule has 1 aliphatic rings. The number of halogens is 4. The van der Waals surface area contributed by atoms with Gasteiger partial charge < -0.3 is 15.8 Å². The smallest absolute Gasteiger partial charge is 0.379 e. The molecule has 168 valence electrons. The number of nitriles is 1. The molecule has 2 aromatic carbocycles. The van der Waals surface area contributed by atoms with Crippen molar-refractivity contribution in [1.29, 1.82) is 5.26 Å². The molecule has 0 saturated carbocycles. The van der Waals surface area contributed by atoms with Gasteiger partial charge in [0.2, 0.25) is 0 Å². The summed E-state index contributed by atoms with van der Waals surface area (Å²) in [7, 11) is 0. The summed E-state index contributed by atoms with van der Waals surface area (Å²) in [6.45, 7) is 0.538. The van der Waals surface area contributed by atoms with Gasteiger partial charge in [-0.25, -0.2) is 9.18 Å². The minimum Gasteiger partial charge on any atom is -0.379 e. The quantitative estimate of drug-likeness (QED) is 0.686. The number of carbonyl (C=O) groups excluding carboxylic acids is 2. The average molecular weight is 450 g/mol. The molecular weight excluding hydrogens is 432 g/mol. The van der Waals surface area contributed by atoms with Crippen LogP contribution in [0.3, 0.4) is 0 Å². The lowest BCUT2D eigenvalue weighted by Crippen LogP contribution is -2.47. The zero-order valence-electron chi connectivity index (χ0n) is 16.6. The van der Waals surface area contributed by atoms with E-state index in [2.05, 4.69) is 5.32 Å². The number of hydrogen-bond donors (Lipinski definition) is 2. The standard InChI is InChI=1S/C21H18F4N4O3/c22-18-8-13(4-6-16(18)19(27)30)28-20(31)29(15-2-1-7-32-11-15)14-5-3-12(10-26)17(9-14)21(23,24)25/h3-6,8-9,15H,1-2,7,11H2,(H2,27,30)(H,28,31). The number of benzene rings is 2. The Labute approximate surface area is 180 Å². The van der Waals surface area contributed by atoms with E-state index in [4.69, 9.17) is 15.7 Å². The Morgan fingerprint density at radius 1 is 1.22 bits per heavy atom. The zero-order valence-corrected chi connectivity index (χ0v) is 16.6. The number of carbonyl (C=O) groups is 2. The third-order valence-electron chi connectivity index (χ3n) is 4.91. The molecule has 7 nitrogen and oxygen atoms in total. The third-order valence-corrected chi connectivity index (χ3v) is 4.91. The van der Waals surface area contributed by atoms with Gasteiger partial charge in [0.25, 0.3) is 5.91 Å². The first-order valence-electron chi connectivity index (χ1n) is 9.50. The maximum Gasteiger partial charge on any atom is 0.417 e. The first kappa shape index (κ1) is 23.0. The minimum atomic E-state index is -4.81. The predicted molar refractivity (Wildman–Crippen MR) is 106 cm³/mol. The normalized spacial score (nSPS) is 16.2. The number of ether oxygens (including phenoxy) is 1. The largest absolute Gasteiger partial charge is 0.417 e. The highest BCUT2D eigenvalue weighted by Gasteiger charge is 2.36. The Bertz CT molecular complexity index is 1080. The van der Waals surface area contributed by atoms with Crippen molar-refractivity contribution < 1.29 is 31.9 Å². The van der Waals surface area contributed by atoms with Crippen molar-refractivity contribution in [2.45, 2.75) is 25.1 Å². The molecule has 1 aliphatic heterocycles. The van der Waals surface area contributed by atoms with E-state index in [0.717, 1.165) is 29.2 Å². The molecule has 32 heavy (non-hydrogen) atoms. The van der Waals surface area contributed by atoms with Crippen molar-refractivity contribution >= 4 is 23.3 Å². The number of rotatable bonds is 4. The SMILES string of the molecule is N#Cc1ccc(N(C(=O)Nc2ccc(C(N)=O)c(F)c2)C2CCCOC2)cc1C(F)(F)F. The predicted octanol–water partition coefficient (Wildman–Crippen LogP) is 4.03. The molecule has 11 heteroatoms. The minimum absolute atomic E-state index is 0.0242. The van der Waals surface area contributed by atoms with E-state index in [9.17, 15) is 27.2 Å². The fourth-order valence-electron chi connectivity index (χ4n) is 3.41. The fourth-order valence-corrected chi connectivity index (χ4v) is 3.41. The van der Waals surface area contributed by atoms with Gasteiger partial charge in [0, 0.05) is 18.0 Å². The van der Waals surface area contributed by atoms with Crippen LogP contribution in [-0.4, -0.2) is 31.2 Å². The average Bonchev–Trinajstić information content (AvgIpc) is 2.74. The van der Waals surface area contributed by atoms with E-state index in [-0.39, 0.29) is 23.5 Å². The van der Waals surface area contributed by atoms with Crippen LogP contribution >= 0.6 is 0 Å². The first-order chi connectivity index (χ1) is 15.1. The topological polar surface area (TPSA) is 108 Å². The van der Waals surface area contributed by atoms with Gasteiger partial charge in [-0.05, 0) is 49.2 Å². The van der Waals surface area contributed by atoms with Gasteiger partial charge in [0.15, 0.2) is 0 Å². The van der Waals surface area contributed by atoms with Crippen molar-refractivity contribution in [3.8, 4) is 6.07 Å². The number of anilines is 2. The third kappa shape index (κ3) is 4.97. The Kier molecular flexibility index (Phi) is 6.64. The molecular formula is C21H18F4N4O3. The lowest BCUT2D eigenvalue weighted by molar-refractivity contribution is -0.137. The summed E-state index contributed by atoms with van der Waals surface area (Å²) in [5, 5.41) is 11.4. The van der Waals surface area contributed by atoms with Crippen LogP contribution in [0.1, 0.15) is 34.3 Å². The van der Waals surface area contributed by atoms with Crippen LogP contribution in [0, 0.1) is 17.1 Å². The Hall–Kier alpha value is -3.65. The maximum absolute atomic E-state index is 14.1. The summed E-state index contributed by atoms with van der Waals surface area (Å²) in [6.07, 6.45) is -3.76. The molecule has 0 radical (unpaired) electrons. The molecule has 2 aromatic rings. The van der Waals surface area contributed by atoms with Gasteiger partial charge in [-0.3, -0.25) is 9.69 Å². The number of hydrogen-bond acceptors (Lipinski definition) is 4. The molecule has 1 heterocycles. The second-order valence-electron chi connectivity index (χ2n) is 7.07. The molecule has 1 unspecified atom stereocenters. The van der Waals surface area contributed by atoms with E-state index < -0.39 is 41.1 Å². The lowest BCUT2D eigenvalue weighted by atomic mass is 10.0. The van der Waals surface area contributed by atoms with Crippen LogP contribution in [0.2, 0.25) is 0 Å². The van der Waals surface area contributed by atoms with E-state index in [1.165, 1.54) is 18.2 Å². The number of primary amides is 1. The van der Waals surface area contributed by atoms with Crippen molar-refractivity contribution in [1.82, 2.24) is 0 Å². The molecule has 0 aromatic heterocycles. The number of alkyl halides is 3. The molecule has 1 fully saturated rings. The number of amides is 3. The molecule has 0 bridgehead atoms. The van der Waals surface area contributed by atoms with Crippen LogP contribution < -0.4 is 16.0 Å². The highest BCUT2D eigenvalue weighted by molar-refractivity contribution is 6.02. The second kappa shape index (κ2) is 9.23. The zero-order chi connectivity index (χ0) is 23.5. The highest BCUT2D eigenvalue weighted by Crippen LogP contribution is 2.35. The Balaban J connectivity index is 1.98. The van der Waals surface area contributed by atoms with Gasteiger partial charge in [-0.1, -0.05) is 0 Å². The van der Waals surface area contributed by atoms with Crippen LogP contribution in [-0.2, 0) is 10.9 Å². The summed E-state index contributed by atoms with van der Waals surface area (Å²) in [5.74, 6) is -1.95. The number of nitrogens with zero attached hydrogens (tertiary/aromatic N) is 2. The van der Waals surface area contributed by atoms with Crippen molar-refractivity contribution in [2.24, 2.45) is 5.73 Å². The summed E-state index contributed by atoms with van der Waals surface area (Å²) in [4.78, 5) is 25.3. The first-order valence-corrected chi connectivity index (χ1v) is 9.50. The Morgan fingerprint density at radius 3 is 2.53 bits per heavy atom. The van der Waals surface area contributed by atoms with Crippen LogP contribution in [0.4, 0.5) is 33.7 Å². The molecule has 0 spiro atoms. The van der Waals surface area contributed by atoms with Crippen LogP contribution in [0.25, 0.3) is 0 Å². The van der Waals surface area contributed by atoms with Gasteiger partial charge in [0.05, 0.1) is 35.4 Å². The van der Waals surface area contributed by atoms with Crippen molar-refractivity contribution in [3.05, 3.63) is 58.9 Å². The summed E-state index contributed by atoms with van der Waals surface area (Å²) < 4.78 is 59.8. The van der Waals surface area contributed by atoms with Gasteiger partial charge in [-0.2, -0.15) is 18.4 Å². The van der Waals surface area contributed by atoms with Gasteiger partial charge in [-0.15, -0.1) is 0 Å². The molecule has 3 amide bonds. The number of nitrogens with one attached hydrogen (secondary N) is 1. The summed E-state index contributed by atoms with van der Waals surface area (Å²) in [5.41, 5.74) is 2.81. The lowest BCUT2D eigenvalue weighted by Gasteiger charge is -2.34. The molecule has 3 N–H and O–H groups in total. The fraction of sp³-hybridized carbons (Fsp3) is 0.286. The van der Waals surface area contributed by atoms with Crippen LogP contribution in [0.15, 0.2) is 36.4 Å². The van der Waals surface area contributed by atoms with E-state index in [1.54, 1.807) is 0 Å². The number of urea groups is 1. The molecule has 1 saturated heterocycles. The summed E-state index contributed by atoms with van der Waals surface area (Å²) >= 11 is 0. The van der Waals surface area contributed by atoms with E-state index >= 15 is 0 Å². The molecule has 0 aliphatic carbocycles. The second-order valence-corrected chi connectivity index (χ2v) is 7.07. The van der Waals surface area contributed by atoms with E-state index in [0.29, 0.717) is 19.4 Å². The van der Waals surface area contributed by atoms with Gasteiger partial charge >= 0.3 is 12.2 Å². The van der Waals surface area contributed by atoms with Crippen LogP contribution in [0.5, 0.6) is 0 Å². The monoisotopic (exact) mass is 450 g/mol. The summed E-state index contributed by atoms with van der Waals surface area (Å²) in [6, 6.07) is 6.24. The highest BCUT2D eigenvalue weighted by atomic mass is 19.4. The molecule has 1 atom stereocenters. The van der Waals surface area contributed by atoms with E-state index in [1.807, 2.05) is 0 Å². The van der Waals surface area contributed by atoms with Gasteiger partial charge in [0.1, 0.15) is 5.82 Å². The number of nitrogens with two attached hydrogens (primary N) is 1. The van der Waals surface area contributed by atoms with Crippen molar-refractivity contribution in [2.75, 3.05) is 23.4 Å². The maximum atomic E-state index is 14.1. The Morgan fingerprint density at radius 2 is 1.97 bits per heavy atom.